The van der Waals surface area contributed by atoms with Gasteiger partial charge in [-0.3, -0.25) is 43.5 Å². The summed E-state index contributed by atoms with van der Waals surface area (Å²) in [6.45, 7) is 5.97. The molecule has 0 aromatic heterocycles. The van der Waals surface area contributed by atoms with Crippen LogP contribution in [0.4, 0.5) is 17.1 Å². The standard InChI is InChI=1S/C27H23N3O4S5.C27H23N3O4S3.C27H25N3O4S3.2CH4.B.Na.S14.H/c1-17-12-14-18(15-13-17)26-16-27-25(32)28(2)23(35-37-38-36-27)22(31)29(27)24(26)30(21-11-7-6-10-20(21)26)39(33,34)19-8-4-3-5-9-19;1-17-12-14-18(15-13-17)26-16-27-25(32)28(2)23(35-36-27)22(31)29(27)24(26)30(21-11-7-6-10-20(21)26)37(33,34)19-8-4-3-5-9-19;1-17-12-14-18(15-13-17)26-16-27(36)25(32)28(2)23(35)22(31)29(27)24(26)30(21-11-7-6-10-20(21)26)37(33,34)19-8-4-3-5-9-19;;;;;1-3-5-7-9-11-13-14-12-10-8-6-4-2;/h3-15,23-24H,16H2,1-2H3;3-15,23-24H,16H2,1-2H3;3-15,23-24,35-36H,16H2,1-2H3;2*1H4;;;;/q;;;;;;+1;;-1/t3*23-,24-,26-,27-;;;;;;/m000....../s1. The van der Waals surface area contributed by atoms with Gasteiger partial charge in [0.2, 0.25) is 0 Å². The second-order valence-electron chi connectivity index (χ2n) is 30.7. The average Bonchev–Trinajstić information content (AvgIpc) is 1.50. The minimum Gasteiger partial charge on any atom is -1.00 e. The number of para-hydroxylation sites is 3. The predicted molar refractivity (Wildman–Crippen MR) is 574 cm³/mol. The first-order valence-electron chi connectivity index (χ1n) is 38.2. The maximum atomic E-state index is 14.5. The molecule has 0 aliphatic carbocycles. The van der Waals surface area contributed by atoms with Crippen molar-refractivity contribution in [3.63, 3.8) is 0 Å². The van der Waals surface area contributed by atoms with Crippen LogP contribution in [0.5, 0.6) is 0 Å². The molecular formula is C83H80BN9NaO12S25. The summed E-state index contributed by atoms with van der Waals surface area (Å²) in [5.74, 6) is -1.68. The number of sulfonamides is 3. The van der Waals surface area contributed by atoms with Crippen LogP contribution in [0.2, 0.25) is 0 Å². The fraction of sp³-hybridized carbons (Fsp3) is 0.277. The Hall–Kier alpha value is -4.01. The zero-order chi connectivity index (χ0) is 89.7. The van der Waals surface area contributed by atoms with Crippen molar-refractivity contribution in [1.82, 2.24) is 29.4 Å². The first-order chi connectivity index (χ1) is 60.9. The topological polar surface area (TPSA) is 234 Å². The molecule has 6 amide bonds. The van der Waals surface area contributed by atoms with Gasteiger partial charge in [0.05, 0.1) is 48.0 Å². The van der Waals surface area contributed by atoms with E-state index in [1.54, 1.807) is 210 Å². The second-order valence-corrected chi connectivity index (χ2v) is 67.3. The number of aryl methyl sites for hydroxylation is 3. The van der Waals surface area contributed by atoms with Gasteiger partial charge in [0.25, 0.3) is 65.5 Å². The Labute approximate surface area is 866 Å². The molecule has 21 nitrogen and oxygen atoms in total. The van der Waals surface area contributed by atoms with E-state index < -0.39 is 107 Å². The third-order valence-electron chi connectivity index (χ3n) is 24.2. The number of anilines is 3. The predicted octanol–water partition coefficient (Wildman–Crippen LogP) is 10.5. The van der Waals surface area contributed by atoms with Gasteiger partial charge in [-0.2, -0.15) is 0 Å². The number of piperazine rings is 3. The molecule has 4 bridgehead atoms. The van der Waals surface area contributed by atoms with E-state index >= 15 is 0 Å². The summed E-state index contributed by atoms with van der Waals surface area (Å²) in [5, 5.41) is -2.51. The normalized spacial score (nSPS) is 26.2. The largest absolute Gasteiger partial charge is 1.00 e. The molecule has 10 fully saturated rings. The Morgan fingerprint density at radius 3 is 1.02 bits per heavy atom. The summed E-state index contributed by atoms with van der Waals surface area (Å²) >= 11 is 18.7. The van der Waals surface area contributed by atoms with E-state index in [2.05, 4.69) is 12.6 Å². The number of carbonyl (C=O) groups excluding carboxylic acids is 6. The Morgan fingerprint density at radius 1 is 0.374 bits per heavy atom. The maximum Gasteiger partial charge on any atom is 1.00 e. The van der Waals surface area contributed by atoms with Crippen LogP contribution in [0.15, 0.2) is 251 Å². The molecule has 2 spiro atoms. The summed E-state index contributed by atoms with van der Waals surface area (Å²) < 4.78 is 90.6. The fourth-order valence-corrected chi connectivity index (χ4v) is 63.1. The zero-order valence-corrected chi connectivity index (χ0v) is 91.0. The van der Waals surface area contributed by atoms with Crippen LogP contribution in [0.1, 0.15) is 85.6 Å². The van der Waals surface area contributed by atoms with E-state index in [-0.39, 0.29) is 112 Å². The number of nitrogens with zero attached hydrogens (tertiary/aromatic N) is 9. The second kappa shape index (κ2) is 41.4. The third kappa shape index (κ3) is 17.2. The first kappa shape index (κ1) is 104. The summed E-state index contributed by atoms with van der Waals surface area (Å²) in [7, 11) is 20.8. The number of carbonyl (C=O) groups is 6. The molecule has 13 aliphatic rings. The van der Waals surface area contributed by atoms with E-state index in [1.165, 1.54) is 132 Å². The molecule has 9 aromatic rings. The van der Waals surface area contributed by atoms with Crippen LogP contribution >= 0.6 is 88.1 Å². The minimum absolute atomic E-state index is 0. The summed E-state index contributed by atoms with van der Waals surface area (Å²) in [5.41, 5.74) is 6.73. The molecule has 13 aliphatic heterocycles. The van der Waals surface area contributed by atoms with Gasteiger partial charge in [-0.15, -0.1) is 25.3 Å². The molecule has 22 rings (SSSR count). The van der Waals surface area contributed by atoms with Gasteiger partial charge in [0, 0.05) is 178 Å². The molecule has 131 heavy (non-hydrogen) atoms. The quantitative estimate of drug-likeness (QED) is 0.0776. The number of hydrogen-bond donors (Lipinski definition) is 2. The van der Waals surface area contributed by atoms with Gasteiger partial charge in [0.1, 0.15) is 18.5 Å². The summed E-state index contributed by atoms with van der Waals surface area (Å²) in [4.78, 5) is 89.3. The summed E-state index contributed by atoms with van der Waals surface area (Å²) in [6.07, 6.45) is -2.29. The van der Waals surface area contributed by atoms with Crippen molar-refractivity contribution in [2.24, 2.45) is 0 Å². The van der Waals surface area contributed by atoms with Gasteiger partial charge < -0.3 is 16.1 Å². The number of hydrogen-bond acceptors (Lipinski definition) is 22. The Kier molecular flexibility index (Phi) is 33.0. The summed E-state index contributed by atoms with van der Waals surface area (Å²) in [6, 6.07) is 70.8. The van der Waals surface area contributed by atoms with Crippen LogP contribution in [-0.2, 0) is 204 Å². The maximum absolute atomic E-state index is 14.5. The Balaban J connectivity index is 0.000000164. The number of fused-ring (bicyclic) bond motifs is 17. The molecule has 9 aromatic carbocycles. The molecule has 10 saturated heterocycles. The molecule has 0 N–H and O–H groups in total. The van der Waals surface area contributed by atoms with Crippen LogP contribution in [0.3, 0.4) is 0 Å². The molecule has 13 heterocycles. The van der Waals surface area contributed by atoms with Gasteiger partial charge in [-0.05, 0) is 150 Å². The third-order valence-corrected chi connectivity index (χ3v) is 65.4. The number of benzene rings is 9. The first-order valence-corrected chi connectivity index (χ1v) is 67.9. The van der Waals surface area contributed by atoms with E-state index in [4.69, 9.17) is 35.0 Å². The molecule has 12 atom stereocenters. The average molecular weight is 2230 g/mol. The van der Waals surface area contributed by atoms with Crippen LogP contribution in [-0.4, -0.2) is 169 Å². The van der Waals surface area contributed by atoms with Crippen LogP contribution in [0, 0.1) is 20.8 Å². The number of amides is 6. The van der Waals surface area contributed by atoms with E-state index in [9.17, 15) is 54.0 Å². The van der Waals surface area contributed by atoms with Gasteiger partial charge in [0.15, 0.2) is 30.7 Å². The van der Waals surface area contributed by atoms with Gasteiger partial charge in [-0.1, -0.05) is 235 Å². The Morgan fingerprint density at radius 2 is 0.672 bits per heavy atom. The minimum atomic E-state index is -4.15. The van der Waals surface area contributed by atoms with Crippen molar-refractivity contribution in [3.05, 3.63) is 287 Å². The van der Waals surface area contributed by atoms with Gasteiger partial charge in [-0.25, -0.2) is 38.2 Å². The zero-order valence-electron chi connectivity index (χ0n) is 69.4. The SMILES string of the molecule is C.C.Cc1ccc([C@]23C[C@@]45SSSS[C@@H](C(=O)N4[C@H]2N(S(=O)(=O)c2ccccc2)c2ccccc23)N(C)C5=O)cc1.Cc1ccc([C@]23C[C@@]45SS[C@@H](C(=O)N4[C@H]2N(S(=O)(=O)c2ccccc2)c2ccccc23)N(C)C5=O)cc1.Cc1ccc([C@]23C[C@]4(S)C(=O)N(C)[C@@H](S)C(=O)N4[C@H]2N(S(=O)(=O)c2ccccc2)c2ccccc23)cc1.S=S=S=S=S=S=S=S=S=S=S=S=S=S.[B].[H-].[Na+]. The molecule has 0 unspecified atom stereocenters. The van der Waals surface area contributed by atoms with Crippen molar-refractivity contribution < 1.29 is 85.0 Å². The smallest absolute Gasteiger partial charge is 1.00 e. The number of thiol groups is 2. The monoisotopic (exact) mass is 2230 g/mol. The number of rotatable bonds is 9. The van der Waals surface area contributed by atoms with Crippen molar-refractivity contribution in [2.45, 2.75) is 135 Å². The molecular weight excluding hydrogens is 2150 g/mol. The Bertz CT molecular complexity index is 6930. The van der Waals surface area contributed by atoms with Crippen LogP contribution < -0.4 is 42.5 Å². The fourth-order valence-electron chi connectivity index (χ4n) is 19.0. The molecule has 0 saturated carbocycles. The van der Waals surface area contributed by atoms with Crippen LogP contribution in [0.25, 0.3) is 0 Å². The molecule has 683 valence electrons. The number of likely N-dealkylation sites (N-methyl/N-ethyl adjacent to an activating group) is 3. The van der Waals surface area contributed by atoms with Crippen molar-refractivity contribution in [1.29, 1.82) is 0 Å². The van der Waals surface area contributed by atoms with Crippen molar-refractivity contribution in [3.8, 4) is 0 Å². The molecule has 3 radical (unpaired) electrons. The van der Waals surface area contributed by atoms with E-state index in [1.807, 2.05) is 148 Å². The van der Waals surface area contributed by atoms with E-state index in [0.717, 1.165) is 50.1 Å². The van der Waals surface area contributed by atoms with Crippen molar-refractivity contribution in [2.75, 3.05) is 34.1 Å². The van der Waals surface area contributed by atoms with Gasteiger partial charge >= 0.3 is 29.6 Å². The van der Waals surface area contributed by atoms with Crippen molar-refractivity contribution >= 4 is 308 Å². The van der Waals surface area contributed by atoms with E-state index in [0.29, 0.717) is 17.1 Å². The molecule has 48 heteroatoms.